The number of esters is 2. The van der Waals surface area contributed by atoms with Gasteiger partial charge in [0.1, 0.15) is 6.10 Å². The number of hydrogen-bond donors (Lipinski definition) is 2. The van der Waals surface area contributed by atoms with E-state index in [0.29, 0.717) is 24.8 Å². The van der Waals surface area contributed by atoms with Crippen LogP contribution in [0.5, 0.6) is 0 Å². The summed E-state index contributed by atoms with van der Waals surface area (Å²) < 4.78 is 11.0. The summed E-state index contributed by atoms with van der Waals surface area (Å²) in [4.78, 5) is 37.7. The SMILES string of the molecule is CC(=O)O[C@H]1C[C@@H]2[C@@]3(C)C=CC(=O)C(C)(C)[C@@H]3C[C@H](O)[C@@]2(C)C2=CC[C@@H](C3=C[C@@H](O)OC3=O)[C@@]21C. The highest BCUT2D eigenvalue weighted by molar-refractivity contribution is 5.96. The molecule has 0 aromatic heterocycles. The number of allylic oxidation sites excluding steroid dienone is 3. The van der Waals surface area contributed by atoms with Gasteiger partial charge in [-0.1, -0.05) is 52.3 Å². The van der Waals surface area contributed by atoms with E-state index < -0.39 is 52.1 Å². The van der Waals surface area contributed by atoms with Crippen LogP contribution in [0.2, 0.25) is 0 Å². The normalized spacial score (nSPS) is 47.8. The third-order valence-corrected chi connectivity index (χ3v) is 10.5. The lowest BCUT2D eigenvalue weighted by Gasteiger charge is -2.67. The van der Waals surface area contributed by atoms with Crippen molar-refractivity contribution in [3.8, 4) is 0 Å². The number of ether oxygens (including phenoxy) is 2. The zero-order valence-electron chi connectivity index (χ0n) is 21.3. The maximum absolute atomic E-state index is 12.8. The molecule has 9 atom stereocenters. The third-order valence-electron chi connectivity index (χ3n) is 10.5. The first-order chi connectivity index (χ1) is 16.2. The van der Waals surface area contributed by atoms with Crippen molar-refractivity contribution in [1.29, 1.82) is 0 Å². The van der Waals surface area contributed by atoms with E-state index >= 15 is 0 Å². The first-order valence-electron chi connectivity index (χ1n) is 12.6. The van der Waals surface area contributed by atoms with E-state index in [-0.39, 0.29) is 23.5 Å². The molecule has 2 N–H and O–H groups in total. The van der Waals surface area contributed by atoms with Crippen molar-refractivity contribution in [3.63, 3.8) is 0 Å². The highest BCUT2D eigenvalue weighted by Gasteiger charge is 2.70. The number of carbonyl (C=O) groups excluding carboxylic acids is 3. The zero-order valence-corrected chi connectivity index (χ0v) is 21.3. The van der Waals surface area contributed by atoms with Gasteiger partial charge in [-0.2, -0.15) is 0 Å². The molecule has 7 nitrogen and oxygen atoms in total. The minimum atomic E-state index is -1.28. The highest BCUT2D eigenvalue weighted by atomic mass is 16.6. The Kier molecular flexibility index (Phi) is 5.16. The van der Waals surface area contributed by atoms with Crippen molar-refractivity contribution in [1.82, 2.24) is 0 Å². The maximum Gasteiger partial charge on any atom is 0.336 e. The molecule has 2 fully saturated rings. The average Bonchev–Trinajstić information content (AvgIpc) is 3.28. The van der Waals surface area contributed by atoms with Crippen molar-refractivity contribution in [3.05, 3.63) is 35.5 Å². The fraction of sp³-hybridized carbons (Fsp3) is 0.679. The number of aliphatic hydroxyl groups is 2. The number of aliphatic hydroxyl groups excluding tert-OH is 2. The van der Waals surface area contributed by atoms with Crippen LogP contribution in [0.3, 0.4) is 0 Å². The van der Waals surface area contributed by atoms with Crippen LogP contribution in [0, 0.1) is 39.4 Å². The van der Waals surface area contributed by atoms with Crippen molar-refractivity contribution >= 4 is 17.7 Å². The molecular weight excluding hydrogens is 448 g/mol. The van der Waals surface area contributed by atoms with Gasteiger partial charge < -0.3 is 19.7 Å². The van der Waals surface area contributed by atoms with Gasteiger partial charge in [-0.25, -0.2) is 4.79 Å². The molecule has 0 aromatic rings. The fourth-order valence-corrected chi connectivity index (χ4v) is 8.71. The van der Waals surface area contributed by atoms with Gasteiger partial charge in [0, 0.05) is 34.7 Å². The minimum Gasteiger partial charge on any atom is -0.462 e. The summed E-state index contributed by atoms with van der Waals surface area (Å²) in [5.74, 6) is -1.40. The van der Waals surface area contributed by atoms with E-state index in [9.17, 15) is 24.6 Å². The molecule has 2 saturated carbocycles. The Morgan fingerprint density at radius 2 is 1.74 bits per heavy atom. The quantitative estimate of drug-likeness (QED) is 0.457. The van der Waals surface area contributed by atoms with Crippen molar-refractivity contribution in [2.24, 2.45) is 39.4 Å². The molecule has 0 spiro atoms. The van der Waals surface area contributed by atoms with Crippen LogP contribution in [0.1, 0.15) is 60.8 Å². The number of cyclic esters (lactones) is 1. The Labute approximate surface area is 206 Å². The fourth-order valence-electron chi connectivity index (χ4n) is 8.71. The van der Waals surface area contributed by atoms with Gasteiger partial charge in [0.15, 0.2) is 5.78 Å². The maximum atomic E-state index is 12.8. The Morgan fingerprint density at radius 1 is 1.06 bits per heavy atom. The van der Waals surface area contributed by atoms with Crippen molar-refractivity contribution in [2.75, 3.05) is 0 Å². The minimum absolute atomic E-state index is 0.0663. The second-order valence-corrected chi connectivity index (χ2v) is 12.4. The second kappa shape index (κ2) is 7.39. The summed E-state index contributed by atoms with van der Waals surface area (Å²) in [6.45, 7) is 11.6. The molecule has 190 valence electrons. The predicted molar refractivity (Wildman–Crippen MR) is 126 cm³/mol. The van der Waals surface area contributed by atoms with Gasteiger partial charge in [-0.05, 0) is 48.7 Å². The monoisotopic (exact) mass is 484 g/mol. The Bertz CT molecular complexity index is 1100. The number of ketones is 1. The van der Waals surface area contributed by atoms with E-state index in [1.165, 1.54) is 13.0 Å². The Hall–Kier alpha value is -2.25. The zero-order chi connectivity index (χ0) is 25.7. The number of hydrogen-bond acceptors (Lipinski definition) is 7. The van der Waals surface area contributed by atoms with Crippen LogP contribution >= 0.6 is 0 Å². The number of fused-ring (bicyclic) bond motifs is 5. The first kappa shape index (κ1) is 24.4. The molecule has 4 aliphatic carbocycles. The van der Waals surface area contributed by atoms with Gasteiger partial charge in [0.25, 0.3) is 0 Å². The molecule has 0 amide bonds. The van der Waals surface area contributed by atoms with Gasteiger partial charge in [0.05, 0.1) is 6.10 Å². The largest absolute Gasteiger partial charge is 0.462 e. The van der Waals surface area contributed by atoms with Gasteiger partial charge >= 0.3 is 11.9 Å². The van der Waals surface area contributed by atoms with Crippen LogP contribution in [0.4, 0.5) is 0 Å². The van der Waals surface area contributed by atoms with E-state index in [4.69, 9.17) is 9.47 Å². The van der Waals surface area contributed by atoms with E-state index in [2.05, 4.69) is 19.9 Å². The molecule has 0 saturated heterocycles. The van der Waals surface area contributed by atoms with Crippen LogP contribution < -0.4 is 0 Å². The molecule has 0 aromatic carbocycles. The Balaban J connectivity index is 1.66. The summed E-state index contributed by atoms with van der Waals surface area (Å²) in [5.41, 5.74) is -1.03. The molecule has 0 unspecified atom stereocenters. The molecule has 1 aliphatic heterocycles. The molecule has 35 heavy (non-hydrogen) atoms. The van der Waals surface area contributed by atoms with E-state index in [1.54, 1.807) is 6.08 Å². The van der Waals surface area contributed by atoms with Crippen LogP contribution in [0.25, 0.3) is 0 Å². The molecular formula is C28H36O7. The highest BCUT2D eigenvalue weighted by Crippen LogP contribution is 2.72. The molecule has 5 aliphatic rings. The summed E-state index contributed by atoms with van der Waals surface area (Å²) in [6, 6.07) is 0. The molecule has 0 radical (unpaired) electrons. The number of carbonyl (C=O) groups is 3. The second-order valence-electron chi connectivity index (χ2n) is 12.4. The lowest BCUT2D eigenvalue weighted by atomic mass is 9.38. The van der Waals surface area contributed by atoms with Crippen LogP contribution in [-0.4, -0.2) is 46.4 Å². The Morgan fingerprint density at radius 3 is 2.34 bits per heavy atom. The topological polar surface area (TPSA) is 110 Å². The summed E-state index contributed by atoms with van der Waals surface area (Å²) in [6.07, 6.45) is 6.22. The smallest absolute Gasteiger partial charge is 0.336 e. The molecule has 7 heteroatoms. The number of rotatable bonds is 2. The summed E-state index contributed by atoms with van der Waals surface area (Å²) >= 11 is 0. The predicted octanol–water partition coefficient (Wildman–Crippen LogP) is 3.25. The third kappa shape index (κ3) is 3.00. The van der Waals surface area contributed by atoms with Crippen molar-refractivity contribution < 1.29 is 34.1 Å². The van der Waals surface area contributed by atoms with Crippen molar-refractivity contribution in [2.45, 2.75) is 79.3 Å². The lowest BCUT2D eigenvalue weighted by molar-refractivity contribution is -0.193. The summed E-state index contributed by atoms with van der Waals surface area (Å²) in [7, 11) is 0. The van der Waals surface area contributed by atoms with E-state index in [1.807, 2.05) is 26.8 Å². The van der Waals surface area contributed by atoms with Gasteiger partial charge in [-0.3, -0.25) is 9.59 Å². The average molecular weight is 485 g/mol. The lowest BCUT2D eigenvalue weighted by Crippen LogP contribution is -2.66. The van der Waals surface area contributed by atoms with Crippen LogP contribution in [-0.2, 0) is 23.9 Å². The van der Waals surface area contributed by atoms with E-state index in [0.717, 1.165) is 5.57 Å². The van der Waals surface area contributed by atoms with Crippen LogP contribution in [0.15, 0.2) is 35.5 Å². The molecule has 5 rings (SSSR count). The summed E-state index contributed by atoms with van der Waals surface area (Å²) in [5, 5.41) is 21.7. The first-order valence-corrected chi connectivity index (χ1v) is 12.6. The van der Waals surface area contributed by atoms with Gasteiger partial charge in [-0.15, -0.1) is 0 Å². The standard InChI is InChI=1S/C28H36O7/c1-14(29)34-22-13-19-26(4)10-9-20(30)25(2,3)18(26)12-21(31)28(19,6)17-8-7-16(27(17,22)5)15-11-23(32)35-24(15)33/h8-11,16,18-19,21-23,31-32H,7,12-13H2,1-6H3/t16-,18-,19+,21-,22-,23-,26-,27-,28-/m0/s1. The molecule has 0 bridgehead atoms. The molecule has 1 heterocycles. The van der Waals surface area contributed by atoms with Gasteiger partial charge in [0.2, 0.25) is 6.29 Å².